The van der Waals surface area contributed by atoms with Crippen LogP contribution in [0.15, 0.2) is 42.5 Å². The number of benzene rings is 2. The third-order valence-corrected chi connectivity index (χ3v) is 4.68. The summed E-state index contributed by atoms with van der Waals surface area (Å²) in [7, 11) is 3.53. The molecule has 0 N–H and O–H groups in total. The number of nitrogens with zero attached hydrogens (tertiary/aromatic N) is 3. The van der Waals surface area contributed by atoms with E-state index in [-0.39, 0.29) is 5.69 Å². The molecule has 0 saturated heterocycles. The summed E-state index contributed by atoms with van der Waals surface area (Å²) in [4.78, 5) is 17.3. The van der Waals surface area contributed by atoms with Crippen LogP contribution >= 0.6 is 11.3 Å². The maximum Gasteiger partial charge on any atom is 0.270 e. The summed E-state index contributed by atoms with van der Waals surface area (Å²) >= 11 is 1.66. The molecule has 0 amide bonds. The zero-order valence-corrected chi connectivity index (χ0v) is 14.2. The first-order chi connectivity index (χ1) is 11.6. The topological polar surface area (TPSA) is 68.5 Å². The van der Waals surface area contributed by atoms with Crippen LogP contribution in [-0.4, -0.2) is 29.0 Å². The van der Waals surface area contributed by atoms with Crippen molar-refractivity contribution in [1.82, 2.24) is 9.88 Å². The molecule has 0 spiro atoms. The Morgan fingerprint density at radius 1 is 1.25 bits per heavy atom. The second kappa shape index (κ2) is 6.94. The lowest BCUT2D eigenvalue weighted by Gasteiger charge is -2.17. The van der Waals surface area contributed by atoms with E-state index in [0.717, 1.165) is 20.8 Å². The van der Waals surface area contributed by atoms with Crippen molar-refractivity contribution in [2.24, 2.45) is 0 Å². The summed E-state index contributed by atoms with van der Waals surface area (Å²) in [6, 6.07) is 12.7. The number of hydrogen-bond acceptors (Lipinski definition) is 6. The van der Waals surface area contributed by atoms with Crippen LogP contribution in [0.5, 0.6) is 5.75 Å². The van der Waals surface area contributed by atoms with Gasteiger partial charge in [-0.05, 0) is 25.2 Å². The average Bonchev–Trinajstić information content (AvgIpc) is 2.96. The first-order valence-corrected chi connectivity index (χ1v) is 8.23. The van der Waals surface area contributed by atoms with Gasteiger partial charge in [0.05, 0.1) is 28.8 Å². The molecule has 0 aliphatic carbocycles. The lowest BCUT2D eigenvalue weighted by molar-refractivity contribution is -0.384. The van der Waals surface area contributed by atoms with Crippen LogP contribution in [0.4, 0.5) is 5.69 Å². The number of nitro groups is 1. The Labute approximate surface area is 143 Å². The molecule has 6 nitrogen and oxygen atoms in total. The van der Waals surface area contributed by atoms with Crippen LogP contribution in [0.25, 0.3) is 10.2 Å². The normalized spacial score (nSPS) is 11.1. The van der Waals surface area contributed by atoms with Gasteiger partial charge in [-0.2, -0.15) is 0 Å². The van der Waals surface area contributed by atoms with Gasteiger partial charge in [-0.1, -0.05) is 12.1 Å². The molecule has 3 aromatic rings. The van der Waals surface area contributed by atoms with Gasteiger partial charge in [0.2, 0.25) is 0 Å². The highest BCUT2D eigenvalue weighted by Gasteiger charge is 2.14. The molecule has 124 valence electrons. The number of thiazole rings is 1. The molecule has 0 atom stereocenters. The van der Waals surface area contributed by atoms with Crippen molar-refractivity contribution in [2.45, 2.75) is 13.1 Å². The van der Waals surface area contributed by atoms with Gasteiger partial charge in [0.25, 0.3) is 5.69 Å². The van der Waals surface area contributed by atoms with Crippen LogP contribution in [0.3, 0.4) is 0 Å². The first-order valence-electron chi connectivity index (χ1n) is 7.41. The van der Waals surface area contributed by atoms with Crippen LogP contribution in [0.2, 0.25) is 0 Å². The molecule has 0 unspecified atom stereocenters. The van der Waals surface area contributed by atoms with E-state index in [4.69, 9.17) is 4.74 Å². The molecule has 1 heterocycles. The van der Waals surface area contributed by atoms with Crippen molar-refractivity contribution in [2.75, 3.05) is 14.2 Å². The quantitative estimate of drug-likeness (QED) is 0.502. The number of ether oxygens (including phenoxy) is 1. The highest BCUT2D eigenvalue weighted by molar-refractivity contribution is 7.18. The Balaban J connectivity index is 1.77. The second-order valence-electron chi connectivity index (χ2n) is 5.50. The Bertz CT molecular complexity index is 845. The molecule has 7 heteroatoms. The Morgan fingerprint density at radius 3 is 2.75 bits per heavy atom. The molecule has 3 rings (SSSR count). The van der Waals surface area contributed by atoms with Crippen LogP contribution in [-0.2, 0) is 13.1 Å². The fourth-order valence-electron chi connectivity index (χ4n) is 2.57. The molecular weight excluding hydrogens is 326 g/mol. The molecule has 0 radical (unpaired) electrons. The number of nitro benzene ring substituents is 1. The molecule has 0 saturated carbocycles. The minimum Gasteiger partial charge on any atom is -0.496 e. The number of non-ortho nitro benzene ring substituents is 1. The lowest BCUT2D eigenvalue weighted by atomic mass is 10.1. The number of aromatic nitrogens is 1. The SMILES string of the molecule is COc1ccc([N+](=O)[O-])cc1CN(C)Cc1nc2ccccc2s1. The Morgan fingerprint density at radius 2 is 2.04 bits per heavy atom. The third kappa shape index (κ3) is 3.52. The van der Waals surface area contributed by atoms with Gasteiger partial charge in [0.15, 0.2) is 0 Å². The highest BCUT2D eigenvalue weighted by atomic mass is 32.1. The fourth-order valence-corrected chi connectivity index (χ4v) is 3.61. The minimum absolute atomic E-state index is 0.0687. The van der Waals surface area contributed by atoms with Gasteiger partial charge in [-0.3, -0.25) is 15.0 Å². The summed E-state index contributed by atoms with van der Waals surface area (Å²) in [6.45, 7) is 1.21. The Hall–Kier alpha value is -2.51. The smallest absolute Gasteiger partial charge is 0.270 e. The van der Waals surface area contributed by atoms with E-state index >= 15 is 0 Å². The van der Waals surface area contributed by atoms with E-state index in [1.807, 2.05) is 25.2 Å². The summed E-state index contributed by atoms with van der Waals surface area (Å²) in [5, 5.41) is 12.0. The van der Waals surface area contributed by atoms with Crippen LogP contribution < -0.4 is 4.74 Å². The van der Waals surface area contributed by atoms with Gasteiger partial charge in [-0.15, -0.1) is 11.3 Å². The summed E-state index contributed by atoms with van der Waals surface area (Å²) in [5.74, 6) is 0.650. The Kier molecular flexibility index (Phi) is 4.73. The van der Waals surface area contributed by atoms with E-state index in [1.54, 1.807) is 30.6 Å². The summed E-state index contributed by atoms with van der Waals surface area (Å²) in [5.41, 5.74) is 1.85. The molecule has 24 heavy (non-hydrogen) atoms. The number of hydrogen-bond donors (Lipinski definition) is 0. The van der Waals surface area contributed by atoms with Crippen molar-refractivity contribution in [1.29, 1.82) is 0 Å². The molecule has 2 aromatic carbocycles. The van der Waals surface area contributed by atoms with Crippen LogP contribution in [0, 0.1) is 10.1 Å². The van der Waals surface area contributed by atoms with Gasteiger partial charge in [0.1, 0.15) is 10.8 Å². The maximum atomic E-state index is 11.0. The van der Waals surface area contributed by atoms with Gasteiger partial charge < -0.3 is 4.74 Å². The minimum atomic E-state index is -0.392. The zero-order chi connectivity index (χ0) is 17.1. The lowest BCUT2D eigenvalue weighted by Crippen LogP contribution is -2.17. The van der Waals surface area contributed by atoms with Crippen molar-refractivity contribution in [3.63, 3.8) is 0 Å². The predicted molar refractivity (Wildman–Crippen MR) is 94.4 cm³/mol. The second-order valence-corrected chi connectivity index (χ2v) is 6.62. The maximum absolute atomic E-state index is 11.0. The van der Waals surface area contributed by atoms with Crippen molar-refractivity contribution < 1.29 is 9.66 Å². The van der Waals surface area contributed by atoms with E-state index < -0.39 is 4.92 Å². The van der Waals surface area contributed by atoms with Gasteiger partial charge in [0, 0.05) is 24.2 Å². The standard InChI is InChI=1S/C17H17N3O3S/c1-19(11-17-18-14-5-3-4-6-16(14)24-17)10-12-9-13(20(21)22)7-8-15(12)23-2/h3-9H,10-11H2,1-2H3. The third-order valence-electron chi connectivity index (χ3n) is 3.66. The summed E-state index contributed by atoms with van der Waals surface area (Å²) in [6.07, 6.45) is 0. The molecule has 1 aromatic heterocycles. The number of rotatable bonds is 6. The highest BCUT2D eigenvalue weighted by Crippen LogP contribution is 2.27. The molecule has 0 bridgehead atoms. The monoisotopic (exact) mass is 343 g/mol. The number of methoxy groups -OCH3 is 1. The van der Waals surface area contributed by atoms with E-state index in [2.05, 4.69) is 16.0 Å². The van der Waals surface area contributed by atoms with Crippen molar-refractivity contribution in [3.8, 4) is 5.75 Å². The first kappa shape index (κ1) is 16.4. The largest absolute Gasteiger partial charge is 0.496 e. The van der Waals surface area contributed by atoms with E-state index in [1.165, 1.54) is 6.07 Å². The summed E-state index contributed by atoms with van der Waals surface area (Å²) < 4.78 is 6.48. The molecule has 0 aliphatic rings. The van der Waals surface area contributed by atoms with Gasteiger partial charge in [-0.25, -0.2) is 4.98 Å². The molecular formula is C17H17N3O3S. The average molecular weight is 343 g/mol. The predicted octanol–water partition coefficient (Wildman–Crippen LogP) is 3.85. The molecule has 0 aliphatic heterocycles. The fraction of sp³-hybridized carbons (Fsp3) is 0.235. The van der Waals surface area contributed by atoms with Crippen molar-refractivity contribution >= 4 is 27.2 Å². The van der Waals surface area contributed by atoms with E-state index in [9.17, 15) is 10.1 Å². The van der Waals surface area contributed by atoms with Crippen molar-refractivity contribution in [3.05, 3.63) is 63.1 Å². The van der Waals surface area contributed by atoms with Crippen LogP contribution in [0.1, 0.15) is 10.6 Å². The van der Waals surface area contributed by atoms with E-state index in [0.29, 0.717) is 18.8 Å². The number of para-hydroxylation sites is 1. The number of fused-ring (bicyclic) bond motifs is 1. The van der Waals surface area contributed by atoms with Gasteiger partial charge >= 0.3 is 0 Å². The zero-order valence-electron chi connectivity index (χ0n) is 13.4. The molecule has 0 fully saturated rings.